The predicted octanol–water partition coefficient (Wildman–Crippen LogP) is 4.64. The van der Waals surface area contributed by atoms with E-state index in [4.69, 9.17) is 18.9 Å². The third kappa shape index (κ3) is 4.63. The van der Waals surface area contributed by atoms with E-state index in [1.807, 2.05) is 56.3 Å². The first kappa shape index (κ1) is 24.4. The number of hydrogen-bond acceptors (Lipinski definition) is 7. The van der Waals surface area contributed by atoms with Gasteiger partial charge in [-0.1, -0.05) is 18.2 Å². The lowest BCUT2D eigenvalue weighted by atomic mass is 9.71. The largest absolute Gasteiger partial charge is 0.494 e. The second-order valence-corrected chi connectivity index (χ2v) is 8.63. The Labute approximate surface area is 205 Å². The van der Waals surface area contributed by atoms with Crippen LogP contribution in [-0.2, 0) is 14.3 Å². The van der Waals surface area contributed by atoms with Gasteiger partial charge in [-0.25, -0.2) is 4.79 Å². The standard InChI is InChI=1S/C28H31NO6/c1-6-35-20-9-7-8-18(12-20)26-25(28(31)34-5)16(2)29-21-13-19(14-22(30)27(21)26)17-10-11-23(32-3)24(15-17)33-4/h7-12,15,19,26,29H,6,13-14H2,1-5H3/t19-,26-/m1/s1. The van der Waals surface area contributed by atoms with Crippen LogP contribution in [-0.4, -0.2) is 39.7 Å². The maximum Gasteiger partial charge on any atom is 0.336 e. The van der Waals surface area contributed by atoms with Gasteiger partial charge in [-0.05, 0) is 61.6 Å². The number of rotatable bonds is 7. The molecule has 1 heterocycles. The molecule has 7 nitrogen and oxygen atoms in total. The second-order valence-electron chi connectivity index (χ2n) is 8.63. The zero-order chi connectivity index (χ0) is 25.1. The molecular formula is C28H31NO6. The average Bonchev–Trinajstić information content (AvgIpc) is 2.87. The Morgan fingerprint density at radius 3 is 2.46 bits per heavy atom. The van der Waals surface area contributed by atoms with Crippen LogP contribution in [0.3, 0.4) is 0 Å². The monoisotopic (exact) mass is 477 g/mol. The van der Waals surface area contributed by atoms with Crippen molar-refractivity contribution in [3.63, 3.8) is 0 Å². The number of nitrogens with one attached hydrogen (secondary N) is 1. The van der Waals surface area contributed by atoms with E-state index in [2.05, 4.69) is 5.32 Å². The molecule has 2 aliphatic rings. The molecule has 0 saturated heterocycles. The topological polar surface area (TPSA) is 83.1 Å². The lowest BCUT2D eigenvalue weighted by molar-refractivity contribution is -0.136. The fraction of sp³-hybridized carbons (Fsp3) is 0.357. The first-order valence-corrected chi connectivity index (χ1v) is 11.7. The highest BCUT2D eigenvalue weighted by atomic mass is 16.5. The van der Waals surface area contributed by atoms with Crippen LogP contribution < -0.4 is 19.5 Å². The molecule has 1 aliphatic carbocycles. The van der Waals surface area contributed by atoms with E-state index in [0.717, 1.165) is 16.8 Å². The number of allylic oxidation sites excluding steroid dienone is 3. The van der Waals surface area contributed by atoms with E-state index >= 15 is 0 Å². The summed E-state index contributed by atoms with van der Waals surface area (Å²) in [6, 6.07) is 13.3. The number of carbonyl (C=O) groups is 2. The number of methoxy groups -OCH3 is 3. The molecule has 0 saturated carbocycles. The molecule has 2 aromatic carbocycles. The maximum absolute atomic E-state index is 13.7. The van der Waals surface area contributed by atoms with E-state index in [-0.39, 0.29) is 11.7 Å². The van der Waals surface area contributed by atoms with Gasteiger partial charge >= 0.3 is 5.97 Å². The highest BCUT2D eigenvalue weighted by Crippen LogP contribution is 2.46. The van der Waals surface area contributed by atoms with Crippen LogP contribution in [0.15, 0.2) is 65.0 Å². The summed E-state index contributed by atoms with van der Waals surface area (Å²) in [6.45, 7) is 4.29. The number of benzene rings is 2. The van der Waals surface area contributed by atoms with Gasteiger partial charge in [0.15, 0.2) is 17.3 Å². The summed E-state index contributed by atoms with van der Waals surface area (Å²) in [5.74, 6) is 0.948. The SMILES string of the molecule is CCOc1cccc([C@@H]2C(C(=O)OC)=C(C)NC3=C2C(=O)C[C@H](c2ccc(OC)c(OC)c2)C3)c1. The third-order valence-electron chi connectivity index (χ3n) is 6.61. The molecular weight excluding hydrogens is 446 g/mol. The summed E-state index contributed by atoms with van der Waals surface area (Å²) in [4.78, 5) is 26.5. The number of dihydropyridines is 1. The Bertz CT molecular complexity index is 1210. The van der Waals surface area contributed by atoms with Crippen LogP contribution in [0.5, 0.6) is 17.2 Å². The highest BCUT2D eigenvalue weighted by Gasteiger charge is 2.41. The average molecular weight is 478 g/mol. The normalized spacial score (nSPS) is 19.6. The van der Waals surface area contributed by atoms with Gasteiger partial charge in [-0.3, -0.25) is 4.79 Å². The number of carbonyl (C=O) groups excluding carboxylic acids is 2. The Balaban J connectivity index is 1.78. The minimum atomic E-state index is -0.530. The van der Waals surface area contributed by atoms with Gasteiger partial charge < -0.3 is 24.3 Å². The first-order valence-electron chi connectivity index (χ1n) is 11.7. The fourth-order valence-corrected chi connectivity index (χ4v) is 5.05. The molecule has 0 fully saturated rings. The van der Waals surface area contributed by atoms with Crippen molar-refractivity contribution in [2.75, 3.05) is 27.9 Å². The van der Waals surface area contributed by atoms with Crippen molar-refractivity contribution in [1.29, 1.82) is 0 Å². The summed E-state index contributed by atoms with van der Waals surface area (Å²) in [5.41, 5.74) is 4.39. The van der Waals surface area contributed by atoms with Crippen LogP contribution in [0.2, 0.25) is 0 Å². The lowest BCUT2D eigenvalue weighted by Gasteiger charge is -2.36. The van der Waals surface area contributed by atoms with E-state index in [1.54, 1.807) is 14.2 Å². The Hall–Kier alpha value is -3.74. The zero-order valence-electron chi connectivity index (χ0n) is 20.8. The summed E-state index contributed by atoms with van der Waals surface area (Å²) in [5, 5.41) is 3.35. The molecule has 0 unspecified atom stereocenters. The molecule has 2 atom stereocenters. The quantitative estimate of drug-likeness (QED) is 0.582. The molecule has 0 aromatic heterocycles. The number of hydrogen-bond donors (Lipinski definition) is 1. The molecule has 2 aromatic rings. The number of ether oxygens (including phenoxy) is 4. The van der Waals surface area contributed by atoms with Gasteiger partial charge in [0.25, 0.3) is 0 Å². The van der Waals surface area contributed by atoms with Gasteiger partial charge in [0.1, 0.15) is 5.75 Å². The lowest BCUT2D eigenvalue weighted by Crippen LogP contribution is -2.36. The molecule has 184 valence electrons. The molecule has 0 spiro atoms. The van der Waals surface area contributed by atoms with Crippen molar-refractivity contribution in [1.82, 2.24) is 5.32 Å². The van der Waals surface area contributed by atoms with Crippen LogP contribution in [0.1, 0.15) is 49.7 Å². The Kier molecular flexibility index (Phi) is 7.15. The third-order valence-corrected chi connectivity index (χ3v) is 6.61. The van der Waals surface area contributed by atoms with Crippen LogP contribution in [0, 0.1) is 0 Å². The molecule has 1 aliphatic heterocycles. The van der Waals surface area contributed by atoms with Crippen molar-refractivity contribution in [3.05, 3.63) is 76.1 Å². The van der Waals surface area contributed by atoms with Gasteiger partial charge in [0.2, 0.25) is 0 Å². The van der Waals surface area contributed by atoms with E-state index in [1.165, 1.54) is 7.11 Å². The Morgan fingerprint density at radius 1 is 1.00 bits per heavy atom. The maximum atomic E-state index is 13.7. The van der Waals surface area contributed by atoms with Crippen molar-refractivity contribution >= 4 is 11.8 Å². The van der Waals surface area contributed by atoms with Crippen molar-refractivity contribution in [2.24, 2.45) is 0 Å². The van der Waals surface area contributed by atoms with Crippen molar-refractivity contribution < 1.29 is 28.5 Å². The van der Waals surface area contributed by atoms with Crippen LogP contribution in [0.25, 0.3) is 0 Å². The minimum Gasteiger partial charge on any atom is -0.494 e. The fourth-order valence-electron chi connectivity index (χ4n) is 5.05. The smallest absolute Gasteiger partial charge is 0.336 e. The molecule has 4 rings (SSSR count). The highest BCUT2D eigenvalue weighted by molar-refractivity contribution is 6.04. The first-order chi connectivity index (χ1) is 16.9. The van der Waals surface area contributed by atoms with Gasteiger partial charge in [-0.2, -0.15) is 0 Å². The van der Waals surface area contributed by atoms with E-state index < -0.39 is 11.9 Å². The predicted molar refractivity (Wildman–Crippen MR) is 132 cm³/mol. The van der Waals surface area contributed by atoms with Crippen molar-refractivity contribution in [2.45, 2.75) is 38.5 Å². The second kappa shape index (κ2) is 10.3. The summed E-state index contributed by atoms with van der Waals surface area (Å²) in [6.07, 6.45) is 0.954. The van der Waals surface area contributed by atoms with E-state index in [0.29, 0.717) is 53.5 Å². The van der Waals surface area contributed by atoms with Crippen LogP contribution in [0.4, 0.5) is 0 Å². The minimum absolute atomic E-state index is 0.000694. The molecule has 0 bridgehead atoms. The molecule has 1 N–H and O–H groups in total. The van der Waals surface area contributed by atoms with Gasteiger partial charge in [-0.15, -0.1) is 0 Å². The summed E-state index contributed by atoms with van der Waals surface area (Å²) in [7, 11) is 4.55. The molecule has 35 heavy (non-hydrogen) atoms. The number of Topliss-reactive ketones (excluding diaryl/α,β-unsaturated/α-hetero) is 1. The van der Waals surface area contributed by atoms with E-state index in [9.17, 15) is 9.59 Å². The number of ketones is 1. The summed E-state index contributed by atoms with van der Waals surface area (Å²) >= 11 is 0. The van der Waals surface area contributed by atoms with Gasteiger partial charge in [0.05, 0.1) is 33.5 Å². The number of esters is 1. The molecule has 7 heteroatoms. The van der Waals surface area contributed by atoms with Gasteiger partial charge in [0, 0.05) is 29.3 Å². The summed E-state index contributed by atoms with van der Waals surface area (Å²) < 4.78 is 21.6. The molecule has 0 radical (unpaired) electrons. The zero-order valence-corrected chi connectivity index (χ0v) is 20.8. The molecule has 0 amide bonds. The Morgan fingerprint density at radius 2 is 1.77 bits per heavy atom. The van der Waals surface area contributed by atoms with Crippen LogP contribution >= 0.6 is 0 Å². The van der Waals surface area contributed by atoms with Crippen molar-refractivity contribution in [3.8, 4) is 17.2 Å².